The van der Waals surface area contributed by atoms with Crippen molar-refractivity contribution in [1.29, 1.82) is 0 Å². The van der Waals surface area contributed by atoms with E-state index in [-0.39, 0.29) is 11.4 Å². The normalized spacial score (nSPS) is 18.4. The van der Waals surface area contributed by atoms with Crippen molar-refractivity contribution in [2.45, 2.75) is 30.2 Å². The van der Waals surface area contributed by atoms with Gasteiger partial charge in [-0.3, -0.25) is 4.79 Å². The number of carbonyl (C=O) groups is 1. The van der Waals surface area contributed by atoms with Gasteiger partial charge in [-0.25, -0.2) is 0 Å². The first kappa shape index (κ1) is 13.9. The van der Waals surface area contributed by atoms with Gasteiger partial charge in [0, 0.05) is 28.1 Å². The van der Waals surface area contributed by atoms with Crippen LogP contribution in [0, 0.1) is 0 Å². The molecular weight excluding hydrogens is 314 g/mol. The van der Waals surface area contributed by atoms with Crippen LogP contribution in [0.2, 0.25) is 0 Å². The molecule has 0 atom stereocenters. The van der Waals surface area contributed by atoms with E-state index >= 15 is 0 Å². The van der Waals surface area contributed by atoms with E-state index in [0.29, 0.717) is 23.7 Å². The minimum absolute atomic E-state index is 0.0723. The molecule has 1 aromatic carbocycles. The fourth-order valence-corrected chi connectivity index (χ4v) is 2.84. The van der Waals surface area contributed by atoms with Crippen molar-refractivity contribution in [3.8, 4) is 0 Å². The molecule has 1 saturated heterocycles. The maximum Gasteiger partial charge on any atom is 0.252 e. The standard InChI is InChI=1S/C13H16BrNO2S/c1-13(4-6-17-7-5-13)15-12(16)10-3-2-9(14)8-11(10)18/h2-3,8,18H,4-7H2,1H3,(H,15,16). The van der Waals surface area contributed by atoms with Crippen molar-refractivity contribution in [2.75, 3.05) is 13.2 Å². The lowest BCUT2D eigenvalue weighted by Crippen LogP contribution is -2.49. The van der Waals surface area contributed by atoms with Gasteiger partial charge in [0.25, 0.3) is 5.91 Å². The van der Waals surface area contributed by atoms with E-state index in [1.54, 1.807) is 6.07 Å². The van der Waals surface area contributed by atoms with Crippen molar-refractivity contribution in [2.24, 2.45) is 0 Å². The molecule has 5 heteroatoms. The lowest BCUT2D eigenvalue weighted by Gasteiger charge is -2.34. The Morgan fingerprint density at radius 3 is 2.72 bits per heavy atom. The molecule has 0 saturated carbocycles. The summed E-state index contributed by atoms with van der Waals surface area (Å²) in [5.74, 6) is -0.0723. The van der Waals surface area contributed by atoms with Crippen LogP contribution < -0.4 is 5.32 Å². The Bertz CT molecular complexity index is 458. The van der Waals surface area contributed by atoms with Crippen LogP contribution in [0.15, 0.2) is 27.6 Å². The predicted molar refractivity (Wildman–Crippen MR) is 77.3 cm³/mol. The summed E-state index contributed by atoms with van der Waals surface area (Å²) in [6.07, 6.45) is 1.69. The minimum Gasteiger partial charge on any atom is -0.381 e. The molecule has 1 aromatic rings. The van der Waals surface area contributed by atoms with E-state index in [2.05, 4.69) is 40.8 Å². The summed E-state index contributed by atoms with van der Waals surface area (Å²) < 4.78 is 6.24. The average Bonchev–Trinajstić information content (AvgIpc) is 2.28. The van der Waals surface area contributed by atoms with Crippen LogP contribution in [-0.2, 0) is 4.74 Å². The Balaban J connectivity index is 2.11. The molecule has 18 heavy (non-hydrogen) atoms. The zero-order chi connectivity index (χ0) is 13.2. The van der Waals surface area contributed by atoms with Crippen molar-refractivity contribution in [1.82, 2.24) is 5.32 Å². The Morgan fingerprint density at radius 1 is 1.44 bits per heavy atom. The molecule has 1 heterocycles. The Kier molecular flexibility index (Phi) is 4.35. The van der Waals surface area contributed by atoms with Gasteiger partial charge in [-0.05, 0) is 38.0 Å². The summed E-state index contributed by atoms with van der Waals surface area (Å²) in [7, 11) is 0. The number of hydrogen-bond acceptors (Lipinski definition) is 3. The Morgan fingerprint density at radius 2 is 2.11 bits per heavy atom. The van der Waals surface area contributed by atoms with E-state index < -0.39 is 0 Å². The zero-order valence-corrected chi connectivity index (χ0v) is 12.7. The molecule has 0 aliphatic carbocycles. The lowest BCUT2D eigenvalue weighted by atomic mass is 9.92. The highest BCUT2D eigenvalue weighted by molar-refractivity contribution is 9.10. The molecule has 0 unspecified atom stereocenters. The molecule has 1 N–H and O–H groups in total. The van der Waals surface area contributed by atoms with Crippen LogP contribution >= 0.6 is 28.6 Å². The summed E-state index contributed by atoms with van der Waals surface area (Å²) in [4.78, 5) is 12.9. The molecule has 0 spiro atoms. The maximum absolute atomic E-state index is 12.2. The van der Waals surface area contributed by atoms with Crippen LogP contribution in [0.1, 0.15) is 30.1 Å². The number of ether oxygens (including phenoxy) is 1. The molecule has 1 aliphatic heterocycles. The van der Waals surface area contributed by atoms with Crippen molar-refractivity contribution < 1.29 is 9.53 Å². The number of carbonyl (C=O) groups excluding carboxylic acids is 1. The maximum atomic E-state index is 12.2. The number of amides is 1. The van der Waals surface area contributed by atoms with Gasteiger partial charge in [-0.1, -0.05) is 15.9 Å². The zero-order valence-electron chi connectivity index (χ0n) is 10.2. The molecule has 98 valence electrons. The molecule has 0 bridgehead atoms. The highest BCUT2D eigenvalue weighted by atomic mass is 79.9. The van der Waals surface area contributed by atoms with E-state index in [1.165, 1.54) is 0 Å². The molecule has 3 nitrogen and oxygen atoms in total. The van der Waals surface area contributed by atoms with Gasteiger partial charge in [0.05, 0.1) is 5.56 Å². The van der Waals surface area contributed by atoms with E-state index in [4.69, 9.17) is 4.74 Å². The van der Waals surface area contributed by atoms with Crippen LogP contribution in [0.3, 0.4) is 0 Å². The first-order chi connectivity index (χ1) is 8.50. The Labute approximate surface area is 121 Å². The summed E-state index contributed by atoms with van der Waals surface area (Å²) >= 11 is 7.69. The SMILES string of the molecule is CC1(NC(=O)c2ccc(Br)cc2S)CCOCC1. The van der Waals surface area contributed by atoms with Gasteiger partial charge < -0.3 is 10.1 Å². The van der Waals surface area contributed by atoms with Crippen LogP contribution in [0.4, 0.5) is 0 Å². The predicted octanol–water partition coefficient (Wildman–Crippen LogP) is 3.04. The third kappa shape index (κ3) is 3.28. The smallest absolute Gasteiger partial charge is 0.252 e. The average molecular weight is 330 g/mol. The second-order valence-electron chi connectivity index (χ2n) is 4.79. The van der Waals surface area contributed by atoms with Gasteiger partial charge in [-0.15, -0.1) is 12.6 Å². The van der Waals surface area contributed by atoms with E-state index in [9.17, 15) is 4.79 Å². The lowest BCUT2D eigenvalue weighted by molar-refractivity contribution is 0.0422. The number of nitrogens with one attached hydrogen (secondary N) is 1. The number of rotatable bonds is 2. The van der Waals surface area contributed by atoms with Gasteiger partial charge in [-0.2, -0.15) is 0 Å². The summed E-state index contributed by atoms with van der Waals surface area (Å²) in [6.45, 7) is 3.46. The summed E-state index contributed by atoms with van der Waals surface area (Å²) in [5, 5.41) is 3.09. The molecule has 2 rings (SSSR count). The monoisotopic (exact) mass is 329 g/mol. The van der Waals surface area contributed by atoms with Crippen LogP contribution in [0.5, 0.6) is 0 Å². The largest absolute Gasteiger partial charge is 0.381 e. The minimum atomic E-state index is -0.178. The molecule has 1 amide bonds. The fraction of sp³-hybridized carbons (Fsp3) is 0.462. The third-order valence-corrected chi connectivity index (χ3v) is 4.08. The van der Waals surface area contributed by atoms with Crippen molar-refractivity contribution in [3.63, 3.8) is 0 Å². The van der Waals surface area contributed by atoms with Gasteiger partial charge >= 0.3 is 0 Å². The highest BCUT2D eigenvalue weighted by Gasteiger charge is 2.29. The van der Waals surface area contributed by atoms with Crippen molar-refractivity contribution in [3.05, 3.63) is 28.2 Å². The molecule has 0 aromatic heterocycles. The first-order valence-corrected chi connectivity index (χ1v) is 7.13. The van der Waals surface area contributed by atoms with Crippen molar-refractivity contribution >= 4 is 34.5 Å². The molecular formula is C13H16BrNO2S. The topological polar surface area (TPSA) is 38.3 Å². The number of hydrogen-bond donors (Lipinski definition) is 2. The van der Waals surface area contributed by atoms with E-state index in [1.807, 2.05) is 12.1 Å². The third-order valence-electron chi connectivity index (χ3n) is 3.22. The number of benzene rings is 1. The second kappa shape index (κ2) is 5.63. The fourth-order valence-electron chi connectivity index (χ4n) is 1.99. The number of halogens is 1. The quantitative estimate of drug-likeness (QED) is 0.818. The highest BCUT2D eigenvalue weighted by Crippen LogP contribution is 2.23. The van der Waals surface area contributed by atoms with Gasteiger partial charge in [0.15, 0.2) is 0 Å². The van der Waals surface area contributed by atoms with Crippen LogP contribution in [0.25, 0.3) is 0 Å². The van der Waals surface area contributed by atoms with E-state index in [0.717, 1.165) is 17.3 Å². The molecule has 0 radical (unpaired) electrons. The summed E-state index contributed by atoms with van der Waals surface area (Å²) in [6, 6.07) is 5.45. The summed E-state index contributed by atoms with van der Waals surface area (Å²) in [5.41, 5.74) is 0.428. The molecule has 1 aliphatic rings. The van der Waals surface area contributed by atoms with Gasteiger partial charge in [0.1, 0.15) is 0 Å². The molecule has 1 fully saturated rings. The van der Waals surface area contributed by atoms with Crippen LogP contribution in [-0.4, -0.2) is 24.7 Å². The first-order valence-electron chi connectivity index (χ1n) is 5.89. The number of thiol groups is 1. The second-order valence-corrected chi connectivity index (χ2v) is 6.19. The van der Waals surface area contributed by atoms with Gasteiger partial charge in [0.2, 0.25) is 0 Å². The Hall–Kier alpha value is -0.520.